The number of esters is 1. The molecule has 1 saturated heterocycles. The molecule has 0 radical (unpaired) electrons. The molecular weight excluding hydrogens is 347 g/mol. The summed E-state index contributed by atoms with van der Waals surface area (Å²) in [6, 6.07) is 6.16. The zero-order valence-corrected chi connectivity index (χ0v) is 14.4. The number of rotatable bonds is 5. The van der Waals surface area contributed by atoms with Crippen LogP contribution in [0.25, 0.3) is 0 Å². The Hall–Kier alpha value is -2.18. The summed E-state index contributed by atoms with van der Waals surface area (Å²) >= 11 is 5.99. The number of benzene rings is 1. The third kappa shape index (κ3) is 4.08. The summed E-state index contributed by atoms with van der Waals surface area (Å²) in [4.78, 5) is 16.0. The Morgan fingerprint density at radius 3 is 2.92 bits per heavy atom. The monoisotopic (exact) mass is 364 g/mol. The Bertz CT molecular complexity index is 766. The molecule has 2 aromatic rings. The molecule has 0 saturated carbocycles. The van der Waals surface area contributed by atoms with Gasteiger partial charge in [0.05, 0.1) is 13.3 Å². The van der Waals surface area contributed by atoms with E-state index in [1.165, 1.54) is 19.2 Å². The number of carbonyl (C=O) groups is 1. The maximum Gasteiger partial charge on any atom is 0.341 e. The molecule has 132 valence electrons. The van der Waals surface area contributed by atoms with E-state index in [-0.39, 0.29) is 11.5 Å². The first-order valence-electron chi connectivity index (χ1n) is 7.94. The number of methoxy groups -OCH3 is 1. The van der Waals surface area contributed by atoms with E-state index in [1.807, 2.05) is 0 Å². The molecule has 1 aromatic heterocycles. The zero-order chi connectivity index (χ0) is 17.8. The fourth-order valence-corrected chi connectivity index (χ4v) is 3.14. The van der Waals surface area contributed by atoms with E-state index in [2.05, 4.69) is 10.3 Å². The summed E-state index contributed by atoms with van der Waals surface area (Å²) in [5.74, 6) is -0.498. The van der Waals surface area contributed by atoms with Crippen LogP contribution in [0.4, 0.5) is 4.39 Å². The first-order chi connectivity index (χ1) is 12.1. The van der Waals surface area contributed by atoms with Gasteiger partial charge in [0, 0.05) is 29.2 Å². The fraction of sp³-hybridized carbons (Fsp3) is 0.333. The van der Waals surface area contributed by atoms with Gasteiger partial charge in [-0.05, 0) is 37.2 Å². The summed E-state index contributed by atoms with van der Waals surface area (Å²) in [6.07, 6.45) is 3.17. The summed E-state index contributed by atoms with van der Waals surface area (Å²) in [5, 5.41) is 3.68. The number of carbonyl (C=O) groups excluding carboxylic acids is 1. The van der Waals surface area contributed by atoms with E-state index >= 15 is 0 Å². The highest BCUT2D eigenvalue weighted by Crippen LogP contribution is 2.34. The second-order valence-corrected chi connectivity index (χ2v) is 6.30. The van der Waals surface area contributed by atoms with Crippen LogP contribution in [0.1, 0.15) is 28.4 Å². The van der Waals surface area contributed by atoms with Crippen molar-refractivity contribution in [2.75, 3.05) is 20.2 Å². The van der Waals surface area contributed by atoms with Gasteiger partial charge in [-0.3, -0.25) is 4.98 Å². The van der Waals surface area contributed by atoms with Gasteiger partial charge in [-0.25, -0.2) is 9.18 Å². The number of halogens is 2. The largest absolute Gasteiger partial charge is 0.484 e. The standard InChI is InChI=1S/C18H18ClFN2O3/c1-24-18(23)15-7-13(19)2-3-16(15)25-17(11-4-5-21-8-11)12-6-14(20)10-22-9-12/h2-3,6-7,9-11,17,21H,4-5,8H2,1H3/t11-,17+/m0/s1. The molecule has 1 aliphatic rings. The quantitative estimate of drug-likeness (QED) is 0.824. The number of hydrogen-bond acceptors (Lipinski definition) is 5. The van der Waals surface area contributed by atoms with E-state index in [4.69, 9.17) is 21.1 Å². The first kappa shape index (κ1) is 17.6. The van der Waals surface area contributed by atoms with Crippen molar-refractivity contribution in [1.82, 2.24) is 10.3 Å². The Kier molecular flexibility index (Phi) is 5.50. The Morgan fingerprint density at radius 2 is 2.24 bits per heavy atom. The van der Waals surface area contributed by atoms with Crippen molar-refractivity contribution in [1.29, 1.82) is 0 Å². The minimum atomic E-state index is -0.543. The summed E-state index contributed by atoms with van der Waals surface area (Å²) in [6.45, 7) is 1.60. The average molecular weight is 365 g/mol. The van der Waals surface area contributed by atoms with Gasteiger partial charge >= 0.3 is 5.97 Å². The second-order valence-electron chi connectivity index (χ2n) is 5.86. The molecule has 25 heavy (non-hydrogen) atoms. The summed E-state index contributed by atoms with van der Waals surface area (Å²) in [5.41, 5.74) is 0.856. The van der Waals surface area contributed by atoms with Gasteiger partial charge in [-0.15, -0.1) is 0 Å². The Labute approximate surface area is 150 Å². The van der Waals surface area contributed by atoms with Crippen molar-refractivity contribution < 1.29 is 18.7 Å². The molecular formula is C18H18ClFN2O3. The highest BCUT2D eigenvalue weighted by molar-refractivity contribution is 6.31. The van der Waals surface area contributed by atoms with Crippen LogP contribution in [0.2, 0.25) is 5.02 Å². The number of nitrogens with one attached hydrogen (secondary N) is 1. The first-order valence-corrected chi connectivity index (χ1v) is 8.32. The van der Waals surface area contributed by atoms with Crippen molar-refractivity contribution >= 4 is 17.6 Å². The van der Waals surface area contributed by atoms with Crippen LogP contribution in [0.3, 0.4) is 0 Å². The van der Waals surface area contributed by atoms with Crippen LogP contribution in [-0.4, -0.2) is 31.2 Å². The third-order valence-electron chi connectivity index (χ3n) is 4.18. The third-order valence-corrected chi connectivity index (χ3v) is 4.42. The van der Waals surface area contributed by atoms with E-state index in [1.54, 1.807) is 18.3 Å². The lowest BCUT2D eigenvalue weighted by Crippen LogP contribution is -2.22. The number of hydrogen-bond donors (Lipinski definition) is 1. The molecule has 1 N–H and O–H groups in total. The van der Waals surface area contributed by atoms with Crippen molar-refractivity contribution in [3.8, 4) is 5.75 Å². The fourth-order valence-electron chi connectivity index (χ4n) is 2.97. The van der Waals surface area contributed by atoms with Crippen molar-refractivity contribution in [2.45, 2.75) is 12.5 Å². The summed E-state index contributed by atoms with van der Waals surface area (Å²) < 4.78 is 24.6. The minimum absolute atomic E-state index is 0.129. The molecule has 1 aliphatic heterocycles. The van der Waals surface area contributed by atoms with Crippen molar-refractivity contribution in [3.63, 3.8) is 0 Å². The van der Waals surface area contributed by atoms with Crippen LogP contribution < -0.4 is 10.1 Å². The number of pyridine rings is 1. The predicted octanol–water partition coefficient (Wildman–Crippen LogP) is 3.39. The van der Waals surface area contributed by atoms with Gasteiger partial charge in [0.1, 0.15) is 23.2 Å². The van der Waals surface area contributed by atoms with Crippen LogP contribution >= 0.6 is 11.6 Å². The van der Waals surface area contributed by atoms with Crippen LogP contribution in [0, 0.1) is 11.7 Å². The van der Waals surface area contributed by atoms with Gasteiger partial charge in [0.2, 0.25) is 0 Å². The number of ether oxygens (including phenoxy) is 2. The smallest absolute Gasteiger partial charge is 0.341 e. The van der Waals surface area contributed by atoms with Gasteiger partial charge in [0.15, 0.2) is 0 Å². The molecule has 0 spiro atoms. The second kappa shape index (κ2) is 7.80. The molecule has 0 bridgehead atoms. The lowest BCUT2D eigenvalue weighted by molar-refractivity contribution is 0.0588. The molecule has 1 aromatic carbocycles. The molecule has 2 atom stereocenters. The van der Waals surface area contributed by atoms with Gasteiger partial charge < -0.3 is 14.8 Å². The van der Waals surface area contributed by atoms with Crippen molar-refractivity contribution in [3.05, 3.63) is 58.6 Å². The van der Waals surface area contributed by atoms with E-state index in [0.717, 1.165) is 25.7 Å². The topological polar surface area (TPSA) is 60.5 Å². The molecule has 2 heterocycles. The predicted molar refractivity (Wildman–Crippen MR) is 91.3 cm³/mol. The maximum atomic E-state index is 13.6. The Morgan fingerprint density at radius 1 is 1.40 bits per heavy atom. The van der Waals surface area contributed by atoms with Crippen molar-refractivity contribution in [2.24, 2.45) is 5.92 Å². The highest BCUT2D eigenvalue weighted by atomic mass is 35.5. The molecule has 0 amide bonds. The van der Waals surface area contributed by atoms with E-state index in [0.29, 0.717) is 16.3 Å². The van der Waals surface area contributed by atoms with Gasteiger partial charge in [-0.2, -0.15) is 0 Å². The lowest BCUT2D eigenvalue weighted by Gasteiger charge is -2.25. The van der Waals surface area contributed by atoms with Crippen LogP contribution in [0.15, 0.2) is 36.7 Å². The Balaban J connectivity index is 1.97. The molecule has 1 fully saturated rings. The lowest BCUT2D eigenvalue weighted by atomic mass is 9.95. The minimum Gasteiger partial charge on any atom is -0.484 e. The van der Waals surface area contributed by atoms with Gasteiger partial charge in [0.25, 0.3) is 0 Å². The van der Waals surface area contributed by atoms with Crippen LogP contribution in [-0.2, 0) is 4.74 Å². The molecule has 5 nitrogen and oxygen atoms in total. The molecule has 0 aliphatic carbocycles. The molecule has 3 rings (SSSR count). The molecule has 0 unspecified atom stereocenters. The van der Waals surface area contributed by atoms with E-state index < -0.39 is 17.9 Å². The number of aromatic nitrogens is 1. The maximum absolute atomic E-state index is 13.6. The average Bonchev–Trinajstić information content (AvgIpc) is 3.14. The number of nitrogens with zero attached hydrogens (tertiary/aromatic N) is 1. The zero-order valence-electron chi connectivity index (χ0n) is 13.7. The van der Waals surface area contributed by atoms with E-state index in [9.17, 15) is 9.18 Å². The molecule has 7 heteroatoms. The SMILES string of the molecule is COC(=O)c1cc(Cl)ccc1O[C@@H](c1cncc(F)c1)[C@H]1CCNC1. The highest BCUT2D eigenvalue weighted by Gasteiger charge is 2.30. The van der Waals surface area contributed by atoms with Crippen LogP contribution in [0.5, 0.6) is 5.75 Å². The normalized spacial score (nSPS) is 18.0. The van der Waals surface area contributed by atoms with Gasteiger partial charge in [-0.1, -0.05) is 11.6 Å². The summed E-state index contributed by atoms with van der Waals surface area (Å²) in [7, 11) is 1.29.